The summed E-state index contributed by atoms with van der Waals surface area (Å²) in [5, 5.41) is 2.92. The lowest BCUT2D eigenvalue weighted by Crippen LogP contribution is -2.26. The second-order valence-corrected chi connectivity index (χ2v) is 8.33. The van der Waals surface area contributed by atoms with Gasteiger partial charge in [0.25, 0.3) is 5.91 Å². The summed E-state index contributed by atoms with van der Waals surface area (Å²) in [5.41, 5.74) is 3.19. The molecule has 0 fully saturated rings. The molecule has 3 aromatic rings. The lowest BCUT2D eigenvalue weighted by atomic mass is 9.76. The van der Waals surface area contributed by atoms with E-state index in [1.54, 1.807) is 6.92 Å². The molecule has 146 valence electrons. The number of rotatable bonds is 5. The van der Waals surface area contributed by atoms with Gasteiger partial charge in [-0.1, -0.05) is 26.0 Å². The molecule has 2 heterocycles. The van der Waals surface area contributed by atoms with Crippen LogP contribution in [0.15, 0.2) is 35.0 Å². The van der Waals surface area contributed by atoms with Crippen molar-refractivity contribution < 1.29 is 14.0 Å². The Morgan fingerprint density at radius 3 is 2.89 bits per heavy atom. The summed E-state index contributed by atoms with van der Waals surface area (Å²) in [4.78, 5) is 29.4. The number of carbonyl (C=O) groups is 2. The molecule has 0 spiro atoms. The average molecular weight is 379 g/mol. The van der Waals surface area contributed by atoms with Gasteiger partial charge in [-0.05, 0) is 30.9 Å². The fourth-order valence-corrected chi connectivity index (χ4v) is 4.02. The molecule has 6 heteroatoms. The molecule has 28 heavy (non-hydrogen) atoms. The number of Topliss-reactive ketones (excluding diaryl/α,β-unsaturated/α-hetero) is 1. The van der Waals surface area contributed by atoms with Crippen molar-refractivity contribution >= 4 is 22.7 Å². The second-order valence-electron chi connectivity index (χ2n) is 8.33. The Bertz CT molecular complexity index is 1060. The van der Waals surface area contributed by atoms with Crippen molar-refractivity contribution in [1.29, 1.82) is 0 Å². The van der Waals surface area contributed by atoms with Crippen molar-refractivity contribution in [3.05, 3.63) is 53.2 Å². The SMILES string of the molecule is Cc1c(C(=O)NCCCn2cnc3ccccc32)oc2c1C(=O)CC(C)(C)C2. The van der Waals surface area contributed by atoms with Gasteiger partial charge < -0.3 is 14.3 Å². The first-order valence-electron chi connectivity index (χ1n) is 9.69. The number of hydrogen-bond acceptors (Lipinski definition) is 4. The highest BCUT2D eigenvalue weighted by molar-refractivity contribution is 6.03. The number of aromatic nitrogens is 2. The number of furan rings is 1. The van der Waals surface area contributed by atoms with Crippen molar-refractivity contribution in [3.8, 4) is 0 Å². The molecule has 2 aromatic heterocycles. The van der Waals surface area contributed by atoms with E-state index in [2.05, 4.69) is 14.9 Å². The summed E-state index contributed by atoms with van der Waals surface area (Å²) in [6.07, 6.45) is 3.76. The Morgan fingerprint density at radius 2 is 2.07 bits per heavy atom. The molecule has 6 nitrogen and oxygen atoms in total. The van der Waals surface area contributed by atoms with Gasteiger partial charge in [0.2, 0.25) is 0 Å². The molecule has 0 saturated carbocycles. The first kappa shape index (κ1) is 18.5. The minimum atomic E-state index is -0.256. The van der Waals surface area contributed by atoms with E-state index < -0.39 is 0 Å². The quantitative estimate of drug-likeness (QED) is 0.682. The van der Waals surface area contributed by atoms with E-state index >= 15 is 0 Å². The third-order valence-corrected chi connectivity index (χ3v) is 5.37. The lowest BCUT2D eigenvalue weighted by molar-refractivity contribution is 0.0888. The summed E-state index contributed by atoms with van der Waals surface area (Å²) in [6.45, 7) is 7.18. The average Bonchev–Trinajstić information content (AvgIpc) is 3.19. The van der Waals surface area contributed by atoms with Gasteiger partial charge in [0.05, 0.1) is 22.9 Å². The third-order valence-electron chi connectivity index (χ3n) is 5.37. The lowest BCUT2D eigenvalue weighted by Gasteiger charge is -2.27. The predicted molar refractivity (Wildman–Crippen MR) is 107 cm³/mol. The van der Waals surface area contributed by atoms with Gasteiger partial charge in [-0.2, -0.15) is 0 Å². The molecule has 1 aromatic carbocycles. The molecule has 1 aliphatic rings. The number of hydrogen-bond donors (Lipinski definition) is 1. The third kappa shape index (κ3) is 3.35. The number of para-hydroxylation sites is 2. The van der Waals surface area contributed by atoms with Crippen LogP contribution in [0.1, 0.15) is 58.9 Å². The van der Waals surface area contributed by atoms with Crippen LogP contribution in [-0.4, -0.2) is 27.8 Å². The second kappa shape index (κ2) is 6.93. The number of nitrogens with one attached hydrogen (secondary N) is 1. The molecular weight excluding hydrogens is 354 g/mol. The largest absolute Gasteiger partial charge is 0.455 e. The number of fused-ring (bicyclic) bond motifs is 2. The molecule has 0 aliphatic heterocycles. The number of amides is 1. The highest BCUT2D eigenvalue weighted by Crippen LogP contribution is 2.38. The number of imidazole rings is 1. The van der Waals surface area contributed by atoms with Gasteiger partial charge in [-0.25, -0.2) is 4.98 Å². The predicted octanol–water partition coefficient (Wildman–Crippen LogP) is 3.91. The first-order chi connectivity index (χ1) is 13.4. The Labute approximate surface area is 163 Å². The highest BCUT2D eigenvalue weighted by atomic mass is 16.4. The standard InChI is InChI=1S/C22H25N3O3/c1-14-19-17(26)11-22(2,3)12-18(19)28-20(14)21(27)23-9-6-10-25-13-24-15-7-4-5-8-16(15)25/h4-5,7-8,13H,6,9-12H2,1-3H3,(H,23,27). The monoisotopic (exact) mass is 379 g/mol. The molecule has 0 atom stereocenters. The number of benzene rings is 1. The van der Waals surface area contributed by atoms with Crippen molar-refractivity contribution in [2.45, 2.75) is 46.6 Å². The van der Waals surface area contributed by atoms with E-state index in [4.69, 9.17) is 4.42 Å². The maximum Gasteiger partial charge on any atom is 0.287 e. The van der Waals surface area contributed by atoms with E-state index in [0.717, 1.165) is 24.0 Å². The Balaban J connectivity index is 1.39. The summed E-state index contributed by atoms with van der Waals surface area (Å²) in [5.74, 6) is 0.726. The highest BCUT2D eigenvalue weighted by Gasteiger charge is 2.36. The van der Waals surface area contributed by atoms with Crippen LogP contribution in [-0.2, 0) is 13.0 Å². The minimum Gasteiger partial charge on any atom is -0.455 e. The summed E-state index contributed by atoms with van der Waals surface area (Å²) < 4.78 is 7.90. The van der Waals surface area contributed by atoms with Gasteiger partial charge in [0.1, 0.15) is 5.76 Å². The number of nitrogens with zero attached hydrogens (tertiary/aromatic N) is 2. The van der Waals surface area contributed by atoms with E-state index in [1.165, 1.54) is 0 Å². The number of ketones is 1. The minimum absolute atomic E-state index is 0.0681. The molecule has 1 amide bonds. The topological polar surface area (TPSA) is 77.1 Å². The maximum atomic E-state index is 12.6. The maximum absolute atomic E-state index is 12.6. The molecule has 0 unspecified atom stereocenters. The molecule has 0 bridgehead atoms. The number of aryl methyl sites for hydroxylation is 1. The van der Waals surface area contributed by atoms with E-state index in [-0.39, 0.29) is 22.9 Å². The fourth-order valence-electron chi connectivity index (χ4n) is 4.02. The summed E-state index contributed by atoms with van der Waals surface area (Å²) in [6, 6.07) is 7.98. The normalized spacial score (nSPS) is 15.6. The summed E-state index contributed by atoms with van der Waals surface area (Å²) in [7, 11) is 0. The molecule has 4 rings (SSSR count). The van der Waals surface area contributed by atoms with Crippen LogP contribution in [0.4, 0.5) is 0 Å². The van der Waals surface area contributed by atoms with Crippen LogP contribution in [0.5, 0.6) is 0 Å². The zero-order chi connectivity index (χ0) is 19.9. The van der Waals surface area contributed by atoms with E-state index in [0.29, 0.717) is 36.3 Å². The Morgan fingerprint density at radius 1 is 1.29 bits per heavy atom. The van der Waals surface area contributed by atoms with E-state index in [1.807, 2.05) is 44.4 Å². The smallest absolute Gasteiger partial charge is 0.287 e. The number of carbonyl (C=O) groups excluding carboxylic acids is 2. The molecular formula is C22H25N3O3. The fraction of sp³-hybridized carbons (Fsp3) is 0.409. The van der Waals surface area contributed by atoms with Crippen LogP contribution in [0.25, 0.3) is 11.0 Å². The van der Waals surface area contributed by atoms with Crippen molar-refractivity contribution in [3.63, 3.8) is 0 Å². The molecule has 0 radical (unpaired) electrons. The van der Waals surface area contributed by atoms with Gasteiger partial charge in [-0.3, -0.25) is 9.59 Å². The van der Waals surface area contributed by atoms with Gasteiger partial charge in [0, 0.05) is 31.5 Å². The molecule has 0 saturated heterocycles. The Hall–Kier alpha value is -2.89. The van der Waals surface area contributed by atoms with E-state index in [9.17, 15) is 9.59 Å². The van der Waals surface area contributed by atoms with Crippen LogP contribution in [0.3, 0.4) is 0 Å². The molecule has 1 aliphatic carbocycles. The molecule has 1 N–H and O–H groups in total. The van der Waals surface area contributed by atoms with Gasteiger partial charge >= 0.3 is 0 Å². The zero-order valence-corrected chi connectivity index (χ0v) is 16.5. The van der Waals surface area contributed by atoms with Gasteiger partial charge in [0.15, 0.2) is 11.5 Å². The zero-order valence-electron chi connectivity index (χ0n) is 16.5. The first-order valence-corrected chi connectivity index (χ1v) is 9.69. The van der Waals surface area contributed by atoms with Crippen LogP contribution >= 0.6 is 0 Å². The summed E-state index contributed by atoms with van der Waals surface area (Å²) >= 11 is 0. The van der Waals surface area contributed by atoms with Crippen LogP contribution in [0.2, 0.25) is 0 Å². The van der Waals surface area contributed by atoms with Crippen molar-refractivity contribution in [2.24, 2.45) is 5.41 Å². The van der Waals surface area contributed by atoms with Crippen molar-refractivity contribution in [1.82, 2.24) is 14.9 Å². The van der Waals surface area contributed by atoms with Gasteiger partial charge in [-0.15, -0.1) is 0 Å². The van der Waals surface area contributed by atoms with Crippen molar-refractivity contribution in [2.75, 3.05) is 6.54 Å². The Kier molecular flexibility index (Phi) is 4.57. The van der Waals surface area contributed by atoms with Crippen LogP contribution < -0.4 is 5.32 Å². The van der Waals surface area contributed by atoms with Crippen LogP contribution in [0, 0.1) is 12.3 Å².